The minimum atomic E-state index is -0.665. The molecule has 0 aliphatic carbocycles. The summed E-state index contributed by atoms with van der Waals surface area (Å²) in [5, 5.41) is 3.97. The van der Waals surface area contributed by atoms with Crippen LogP contribution in [-0.2, 0) is 4.79 Å². The maximum atomic E-state index is 12.0. The average molecular weight is 341 g/mol. The maximum Gasteiger partial charge on any atom is 0.280 e. The van der Waals surface area contributed by atoms with Crippen molar-refractivity contribution in [1.29, 1.82) is 0 Å². The van der Waals surface area contributed by atoms with E-state index in [-0.39, 0.29) is 5.91 Å². The molecule has 2 rings (SSSR count). The van der Waals surface area contributed by atoms with Gasteiger partial charge in [0, 0.05) is 19.8 Å². The van der Waals surface area contributed by atoms with Crippen LogP contribution in [0.15, 0.2) is 53.6 Å². The second-order valence-electron chi connectivity index (χ2n) is 5.66. The minimum absolute atomic E-state index is 0.322. The molecule has 0 bridgehead atoms. The van der Waals surface area contributed by atoms with E-state index in [0.29, 0.717) is 5.75 Å². The topological polar surface area (TPSA) is 63.2 Å². The highest BCUT2D eigenvalue weighted by Gasteiger charge is 2.13. The first-order valence-corrected chi connectivity index (χ1v) is 7.90. The second kappa shape index (κ2) is 8.73. The van der Waals surface area contributed by atoms with Crippen LogP contribution in [0.2, 0.25) is 0 Å². The lowest BCUT2D eigenvalue weighted by Gasteiger charge is -2.13. The van der Waals surface area contributed by atoms with Crippen LogP contribution in [-0.4, -0.2) is 39.4 Å². The molecule has 0 aliphatic rings. The first-order valence-electron chi connectivity index (χ1n) is 7.90. The Morgan fingerprint density at radius 1 is 1.08 bits per heavy atom. The van der Waals surface area contributed by atoms with Gasteiger partial charge in [0.25, 0.3) is 5.91 Å². The van der Waals surface area contributed by atoms with Gasteiger partial charge in [-0.05, 0) is 48.9 Å². The van der Waals surface area contributed by atoms with E-state index >= 15 is 0 Å². The first-order chi connectivity index (χ1) is 12.0. The van der Waals surface area contributed by atoms with Crippen molar-refractivity contribution in [2.75, 3.05) is 26.1 Å². The normalized spacial score (nSPS) is 11.8. The van der Waals surface area contributed by atoms with Crippen LogP contribution in [0.4, 0.5) is 5.69 Å². The zero-order valence-corrected chi connectivity index (χ0v) is 14.9. The van der Waals surface area contributed by atoms with Crippen molar-refractivity contribution in [2.24, 2.45) is 5.10 Å². The van der Waals surface area contributed by atoms with Gasteiger partial charge in [0.1, 0.15) is 11.5 Å². The highest BCUT2D eigenvalue weighted by atomic mass is 16.5. The lowest BCUT2D eigenvalue weighted by molar-refractivity contribution is -0.127. The average Bonchev–Trinajstić information content (AvgIpc) is 2.62. The number of ether oxygens (including phenoxy) is 2. The Bertz CT molecular complexity index is 710. The predicted octanol–water partition coefficient (Wildman–Crippen LogP) is 2.68. The van der Waals surface area contributed by atoms with Gasteiger partial charge in [-0.25, -0.2) is 5.43 Å². The molecule has 2 aromatic rings. The number of hydrogen-bond donors (Lipinski definition) is 1. The largest absolute Gasteiger partial charge is 0.497 e. The molecule has 0 aromatic heterocycles. The fourth-order valence-corrected chi connectivity index (χ4v) is 2.03. The highest BCUT2D eigenvalue weighted by molar-refractivity contribution is 5.84. The lowest BCUT2D eigenvalue weighted by Crippen LogP contribution is -2.33. The van der Waals surface area contributed by atoms with Gasteiger partial charge in [-0.1, -0.05) is 12.1 Å². The summed E-state index contributed by atoms with van der Waals surface area (Å²) >= 11 is 0. The second-order valence-corrected chi connectivity index (χ2v) is 5.66. The number of anilines is 1. The van der Waals surface area contributed by atoms with Crippen molar-refractivity contribution in [2.45, 2.75) is 13.0 Å². The predicted molar refractivity (Wildman–Crippen MR) is 99.6 cm³/mol. The van der Waals surface area contributed by atoms with Crippen molar-refractivity contribution in [1.82, 2.24) is 5.43 Å². The number of amides is 1. The maximum absolute atomic E-state index is 12.0. The van der Waals surface area contributed by atoms with Gasteiger partial charge in [-0.15, -0.1) is 0 Å². The molecule has 0 heterocycles. The summed E-state index contributed by atoms with van der Waals surface area (Å²) in [6.07, 6.45) is 0.930. The zero-order chi connectivity index (χ0) is 18.2. The van der Waals surface area contributed by atoms with Gasteiger partial charge >= 0.3 is 0 Å². The molecule has 1 N–H and O–H groups in total. The van der Waals surface area contributed by atoms with Crippen LogP contribution in [0.5, 0.6) is 11.5 Å². The van der Waals surface area contributed by atoms with E-state index in [2.05, 4.69) is 10.5 Å². The fraction of sp³-hybridized carbons (Fsp3) is 0.263. The molecule has 1 amide bonds. The van der Waals surface area contributed by atoms with E-state index in [9.17, 15) is 4.79 Å². The number of nitrogens with one attached hydrogen (secondary N) is 1. The van der Waals surface area contributed by atoms with E-state index in [1.807, 2.05) is 43.3 Å². The van der Waals surface area contributed by atoms with Crippen LogP contribution in [0.25, 0.3) is 0 Å². The zero-order valence-electron chi connectivity index (χ0n) is 14.9. The number of hydrazone groups is 1. The van der Waals surface area contributed by atoms with Crippen LogP contribution < -0.4 is 19.8 Å². The van der Waals surface area contributed by atoms with Gasteiger partial charge in [0.2, 0.25) is 0 Å². The van der Waals surface area contributed by atoms with Crippen LogP contribution in [0.3, 0.4) is 0 Å². The van der Waals surface area contributed by atoms with Gasteiger partial charge < -0.3 is 14.4 Å². The van der Waals surface area contributed by atoms with Gasteiger partial charge in [-0.3, -0.25) is 4.79 Å². The summed E-state index contributed by atoms with van der Waals surface area (Å²) in [6, 6.07) is 14.9. The third-order valence-corrected chi connectivity index (χ3v) is 3.54. The van der Waals surface area contributed by atoms with Gasteiger partial charge in [0.05, 0.1) is 13.3 Å². The van der Waals surface area contributed by atoms with E-state index in [0.717, 1.165) is 17.0 Å². The number of carbonyl (C=O) groups excluding carboxylic acids is 1. The van der Waals surface area contributed by atoms with Crippen molar-refractivity contribution in [3.63, 3.8) is 0 Å². The van der Waals surface area contributed by atoms with Crippen molar-refractivity contribution in [3.05, 3.63) is 54.1 Å². The summed E-state index contributed by atoms with van der Waals surface area (Å²) in [5.41, 5.74) is 4.48. The molecule has 6 heteroatoms. The molecule has 2 aromatic carbocycles. The molecule has 132 valence electrons. The number of hydrogen-bond acceptors (Lipinski definition) is 5. The number of rotatable bonds is 7. The number of carbonyl (C=O) groups is 1. The third kappa shape index (κ3) is 5.53. The molecule has 6 nitrogen and oxygen atoms in total. The van der Waals surface area contributed by atoms with Crippen molar-refractivity contribution >= 4 is 17.8 Å². The number of benzene rings is 2. The molecule has 0 fully saturated rings. The summed E-state index contributed by atoms with van der Waals surface area (Å²) in [7, 11) is 5.55. The molecule has 1 atom stereocenters. The Morgan fingerprint density at radius 2 is 1.68 bits per heavy atom. The monoisotopic (exact) mass is 341 g/mol. The summed E-state index contributed by atoms with van der Waals surface area (Å²) in [6.45, 7) is 1.67. The van der Waals surface area contributed by atoms with E-state index in [1.54, 1.807) is 44.5 Å². The molecule has 0 aliphatic heterocycles. The van der Waals surface area contributed by atoms with E-state index in [1.165, 1.54) is 0 Å². The lowest BCUT2D eigenvalue weighted by atomic mass is 10.2. The Hall–Kier alpha value is -3.02. The standard InChI is InChI=1S/C19H23N3O3/c1-14(25-18-11-9-17(24-4)10-12-18)19(23)21-20-13-15-5-7-16(8-6-15)22(2)3/h5-14H,1-4H3,(H,21,23). The molecule has 0 saturated carbocycles. The minimum Gasteiger partial charge on any atom is -0.497 e. The Balaban J connectivity index is 1.85. The van der Waals surface area contributed by atoms with Crippen molar-refractivity contribution in [3.8, 4) is 11.5 Å². The quantitative estimate of drug-likeness (QED) is 0.621. The number of nitrogens with zero attached hydrogens (tertiary/aromatic N) is 2. The van der Waals surface area contributed by atoms with Gasteiger partial charge in [0.15, 0.2) is 6.10 Å². The summed E-state index contributed by atoms with van der Waals surface area (Å²) < 4.78 is 10.7. The van der Waals surface area contributed by atoms with Crippen molar-refractivity contribution < 1.29 is 14.3 Å². The van der Waals surface area contributed by atoms with E-state index < -0.39 is 6.10 Å². The molecule has 0 saturated heterocycles. The fourth-order valence-electron chi connectivity index (χ4n) is 2.03. The molecule has 1 unspecified atom stereocenters. The summed E-state index contributed by atoms with van der Waals surface area (Å²) in [4.78, 5) is 14.0. The number of methoxy groups -OCH3 is 1. The van der Waals surface area contributed by atoms with E-state index in [4.69, 9.17) is 9.47 Å². The third-order valence-electron chi connectivity index (χ3n) is 3.54. The Kier molecular flexibility index (Phi) is 6.39. The van der Waals surface area contributed by atoms with Gasteiger partial charge in [-0.2, -0.15) is 5.10 Å². The SMILES string of the molecule is COc1ccc(OC(C)C(=O)NN=Cc2ccc(N(C)C)cc2)cc1. The molecular weight excluding hydrogens is 318 g/mol. The van der Waals surface area contributed by atoms with Crippen LogP contribution in [0, 0.1) is 0 Å². The Labute approximate surface area is 148 Å². The highest BCUT2D eigenvalue weighted by Crippen LogP contribution is 2.18. The smallest absolute Gasteiger partial charge is 0.280 e. The molecule has 0 spiro atoms. The molecule has 0 radical (unpaired) electrons. The van der Waals surface area contributed by atoms with Crippen LogP contribution >= 0.6 is 0 Å². The van der Waals surface area contributed by atoms with Crippen LogP contribution in [0.1, 0.15) is 12.5 Å². The first kappa shape index (κ1) is 18.3. The summed E-state index contributed by atoms with van der Waals surface area (Å²) in [5.74, 6) is 0.998. The molecular formula is C19H23N3O3. The molecule has 25 heavy (non-hydrogen) atoms. The Morgan fingerprint density at radius 3 is 2.24 bits per heavy atom.